The van der Waals surface area contributed by atoms with Gasteiger partial charge in [-0.05, 0) is 24.3 Å². The van der Waals surface area contributed by atoms with Gasteiger partial charge in [-0.25, -0.2) is 4.98 Å². The highest BCUT2D eigenvalue weighted by Crippen LogP contribution is 2.38. The molecule has 9 heteroatoms. The average Bonchev–Trinajstić information content (AvgIpc) is 3.23. The molecule has 1 aliphatic heterocycles. The highest BCUT2D eigenvalue weighted by Gasteiger charge is 2.19. The lowest BCUT2D eigenvalue weighted by molar-refractivity contribution is 0.0995. The fraction of sp³-hybridized carbons (Fsp3) is 0.250. The largest absolute Gasteiger partial charge is 0.493 e. The zero-order chi connectivity index (χ0) is 19.7. The molecular weight excluding hydrogens is 396 g/mol. The molecule has 2 heterocycles. The van der Waals surface area contributed by atoms with Crippen LogP contribution in [-0.2, 0) is 6.54 Å². The Morgan fingerprint density at radius 1 is 1.10 bits per heavy atom. The van der Waals surface area contributed by atoms with Crippen molar-refractivity contribution in [1.29, 1.82) is 0 Å². The van der Waals surface area contributed by atoms with Gasteiger partial charge in [-0.15, -0.1) is 12.4 Å². The molecule has 1 aromatic heterocycles. The summed E-state index contributed by atoms with van der Waals surface area (Å²) in [6.45, 7) is 1.45. The maximum absolute atomic E-state index is 12.9. The van der Waals surface area contributed by atoms with Crippen molar-refractivity contribution >= 4 is 35.0 Å². The molecule has 4 rings (SSSR count). The van der Waals surface area contributed by atoms with Crippen LogP contribution in [0.25, 0.3) is 10.9 Å². The molecular formula is C20H21ClN4O4. The van der Waals surface area contributed by atoms with Crippen LogP contribution in [0.2, 0.25) is 0 Å². The van der Waals surface area contributed by atoms with Crippen molar-refractivity contribution < 1.29 is 19.0 Å². The second-order valence-electron chi connectivity index (χ2n) is 6.19. The zero-order valence-corrected chi connectivity index (χ0v) is 17.1. The number of halogens is 1. The molecule has 0 saturated carbocycles. The van der Waals surface area contributed by atoms with E-state index in [1.165, 1.54) is 21.3 Å². The van der Waals surface area contributed by atoms with E-state index in [1.54, 1.807) is 12.1 Å². The Morgan fingerprint density at radius 2 is 1.79 bits per heavy atom. The van der Waals surface area contributed by atoms with Crippen molar-refractivity contribution in [3.8, 4) is 17.2 Å². The molecule has 152 valence electrons. The van der Waals surface area contributed by atoms with Crippen LogP contribution in [-0.4, -0.2) is 43.3 Å². The Morgan fingerprint density at radius 3 is 2.45 bits per heavy atom. The molecule has 0 atom stereocenters. The molecule has 0 unspecified atom stereocenters. The zero-order valence-electron chi connectivity index (χ0n) is 16.3. The highest BCUT2D eigenvalue weighted by molar-refractivity contribution is 5.96. The van der Waals surface area contributed by atoms with E-state index in [9.17, 15) is 4.79 Å². The fourth-order valence-electron chi connectivity index (χ4n) is 3.32. The van der Waals surface area contributed by atoms with E-state index in [0.717, 1.165) is 23.3 Å². The number of anilines is 1. The number of aromatic nitrogens is 2. The minimum Gasteiger partial charge on any atom is -0.493 e. The van der Waals surface area contributed by atoms with Crippen molar-refractivity contribution in [2.24, 2.45) is 4.99 Å². The standard InChI is InChI=1S/C20H20N4O4.ClH/c1-26-15-10-12(11-16(27-2)17(15)28-3)19(25)23-20-22-14-7-5-4-6-13(14)18-21-8-9-24(18)20;/h4-7,10-11,21H,8-9H2,1-3H3;1H. The molecule has 0 radical (unpaired) electrons. The first kappa shape index (κ1) is 20.5. The number of fused-ring (bicyclic) bond motifs is 3. The van der Waals surface area contributed by atoms with E-state index in [4.69, 9.17) is 14.2 Å². The Labute approximate surface area is 173 Å². The average molecular weight is 417 g/mol. The molecule has 0 fully saturated rings. The highest BCUT2D eigenvalue weighted by atomic mass is 35.5. The first-order valence-corrected chi connectivity index (χ1v) is 8.78. The summed E-state index contributed by atoms with van der Waals surface area (Å²) in [6.07, 6.45) is 0. The number of carbonyl (C=O) groups is 1. The Hall–Kier alpha value is -3.26. The summed E-state index contributed by atoms with van der Waals surface area (Å²) in [6, 6.07) is 10.9. The van der Waals surface area contributed by atoms with Gasteiger partial charge in [-0.3, -0.25) is 9.36 Å². The van der Waals surface area contributed by atoms with Gasteiger partial charge in [0, 0.05) is 24.0 Å². The lowest BCUT2D eigenvalue weighted by Gasteiger charge is -2.13. The van der Waals surface area contributed by atoms with Gasteiger partial charge in [0.1, 0.15) is 5.82 Å². The van der Waals surface area contributed by atoms with Crippen LogP contribution in [0.3, 0.4) is 0 Å². The first-order chi connectivity index (χ1) is 13.7. The molecule has 0 aliphatic carbocycles. The number of nitrogens with one attached hydrogen (secondary N) is 1. The summed E-state index contributed by atoms with van der Waals surface area (Å²) < 4.78 is 17.9. The van der Waals surface area contributed by atoms with Gasteiger partial charge >= 0.3 is 0 Å². The number of hydrogen-bond donors (Lipinski definition) is 1. The number of carbonyl (C=O) groups excluding carboxylic acids is 1. The third kappa shape index (κ3) is 3.58. The number of rotatable bonds is 4. The van der Waals surface area contributed by atoms with Crippen LogP contribution in [0.15, 0.2) is 41.4 Å². The predicted octanol–water partition coefficient (Wildman–Crippen LogP) is 2.65. The number of nitrogens with zero attached hydrogens (tertiary/aromatic N) is 3. The van der Waals surface area contributed by atoms with Crippen molar-refractivity contribution in [2.75, 3.05) is 33.2 Å². The van der Waals surface area contributed by atoms with Crippen molar-refractivity contribution in [3.63, 3.8) is 0 Å². The number of ether oxygens (including phenoxy) is 3. The summed E-state index contributed by atoms with van der Waals surface area (Å²) >= 11 is 0. The second kappa shape index (κ2) is 8.40. The Balaban J connectivity index is 0.00000240. The van der Waals surface area contributed by atoms with Crippen molar-refractivity contribution in [3.05, 3.63) is 47.6 Å². The van der Waals surface area contributed by atoms with Gasteiger partial charge in [-0.1, -0.05) is 12.1 Å². The van der Waals surface area contributed by atoms with Gasteiger partial charge in [0.05, 0.1) is 26.8 Å². The van der Waals surface area contributed by atoms with Gasteiger partial charge in [0.25, 0.3) is 5.91 Å². The van der Waals surface area contributed by atoms with Crippen LogP contribution in [0, 0.1) is 0 Å². The molecule has 0 saturated heterocycles. The lowest BCUT2D eigenvalue weighted by atomic mass is 10.1. The van der Waals surface area contributed by atoms with Crippen LogP contribution >= 0.6 is 12.4 Å². The normalized spacial score (nSPS) is 12.7. The van der Waals surface area contributed by atoms with E-state index >= 15 is 0 Å². The summed E-state index contributed by atoms with van der Waals surface area (Å²) in [7, 11) is 4.52. The summed E-state index contributed by atoms with van der Waals surface area (Å²) in [5, 5.41) is 4.34. The summed E-state index contributed by atoms with van der Waals surface area (Å²) in [5.74, 6) is 1.69. The molecule has 3 aromatic rings. The Kier molecular flexibility index (Phi) is 5.93. The predicted molar refractivity (Wildman–Crippen MR) is 111 cm³/mol. The summed E-state index contributed by atoms with van der Waals surface area (Å²) in [4.78, 5) is 21.8. The van der Waals surface area contributed by atoms with E-state index in [-0.39, 0.29) is 12.4 Å². The third-order valence-corrected chi connectivity index (χ3v) is 4.63. The maximum Gasteiger partial charge on any atom is 0.280 e. The Bertz CT molecular complexity index is 1120. The van der Waals surface area contributed by atoms with Gasteiger partial charge in [-0.2, -0.15) is 4.99 Å². The molecule has 1 amide bonds. The number of benzene rings is 2. The monoisotopic (exact) mass is 416 g/mol. The smallest absolute Gasteiger partial charge is 0.280 e. The molecule has 2 aromatic carbocycles. The van der Waals surface area contributed by atoms with Gasteiger partial charge in [0.2, 0.25) is 11.4 Å². The SMILES string of the molecule is COc1cc(C(=O)N=c2nc3ccccc3c3n2CCN3)cc(OC)c1OC.Cl. The molecule has 0 bridgehead atoms. The van der Waals surface area contributed by atoms with Crippen molar-refractivity contribution in [2.45, 2.75) is 6.54 Å². The summed E-state index contributed by atoms with van der Waals surface area (Å²) in [5.41, 5.74) is 1.46. The number of para-hydroxylation sites is 1. The minimum atomic E-state index is -0.441. The molecule has 1 N–H and O–H groups in total. The fourth-order valence-corrected chi connectivity index (χ4v) is 3.32. The van der Waals surface area contributed by atoms with E-state index in [2.05, 4.69) is 15.3 Å². The van der Waals surface area contributed by atoms with Crippen LogP contribution in [0.1, 0.15) is 10.4 Å². The lowest BCUT2D eigenvalue weighted by Crippen LogP contribution is -2.24. The topological polar surface area (TPSA) is 87.0 Å². The number of amides is 1. The molecule has 8 nitrogen and oxygen atoms in total. The molecule has 29 heavy (non-hydrogen) atoms. The van der Waals surface area contributed by atoms with Crippen molar-refractivity contribution in [1.82, 2.24) is 9.55 Å². The second-order valence-corrected chi connectivity index (χ2v) is 6.19. The number of methoxy groups -OCH3 is 3. The number of hydrogen-bond acceptors (Lipinski definition) is 6. The molecule has 1 aliphatic rings. The quantitative estimate of drug-likeness (QED) is 0.703. The maximum atomic E-state index is 12.9. The van der Waals surface area contributed by atoms with E-state index < -0.39 is 5.91 Å². The minimum absolute atomic E-state index is 0. The van der Waals surface area contributed by atoms with Crippen LogP contribution in [0.5, 0.6) is 17.2 Å². The molecule has 0 spiro atoms. The van der Waals surface area contributed by atoms with Gasteiger partial charge in [0.15, 0.2) is 11.5 Å². The van der Waals surface area contributed by atoms with Gasteiger partial charge < -0.3 is 19.5 Å². The van der Waals surface area contributed by atoms with E-state index in [0.29, 0.717) is 35.0 Å². The van der Waals surface area contributed by atoms with Crippen LogP contribution < -0.4 is 25.1 Å². The third-order valence-electron chi connectivity index (χ3n) is 4.63. The first-order valence-electron chi connectivity index (χ1n) is 8.78. The van der Waals surface area contributed by atoms with E-state index in [1.807, 2.05) is 28.8 Å². The van der Waals surface area contributed by atoms with Crippen LogP contribution in [0.4, 0.5) is 5.82 Å².